The molecule has 0 heterocycles. The van der Waals surface area contributed by atoms with Gasteiger partial charge in [-0.3, -0.25) is 0 Å². The Bertz CT molecular complexity index is 441. The van der Waals surface area contributed by atoms with Gasteiger partial charge in [0.2, 0.25) is 0 Å². The third-order valence-corrected chi connectivity index (χ3v) is 3.51. The minimum absolute atomic E-state index is 0. The van der Waals surface area contributed by atoms with Gasteiger partial charge in [0.15, 0.2) is 5.96 Å². The van der Waals surface area contributed by atoms with E-state index in [-0.39, 0.29) is 29.8 Å². The molecule has 0 aliphatic rings. The zero-order valence-corrected chi connectivity index (χ0v) is 16.1. The maximum Gasteiger partial charge on any atom is 0.191 e. The van der Waals surface area contributed by atoms with Crippen LogP contribution in [0, 0.1) is 12.7 Å². The summed E-state index contributed by atoms with van der Waals surface area (Å²) in [5.41, 5.74) is 1.55. The molecule has 0 aromatic heterocycles. The topological polar surface area (TPSA) is 36.4 Å². The van der Waals surface area contributed by atoms with Crippen LogP contribution in [0.15, 0.2) is 23.2 Å². The Labute approximate surface area is 148 Å². The minimum Gasteiger partial charge on any atom is -0.357 e. The molecule has 21 heavy (non-hydrogen) atoms. The van der Waals surface area contributed by atoms with Crippen LogP contribution in [0.3, 0.4) is 0 Å². The molecule has 0 bridgehead atoms. The Balaban J connectivity index is 0.00000400. The molecule has 0 radical (unpaired) electrons. The SMILES string of the molecule is CCNC(=NCc1ccc(C)c(F)c1)NCCCSC.I. The average Bonchev–Trinajstić information content (AvgIpc) is 2.44. The third-order valence-electron chi connectivity index (χ3n) is 2.82. The van der Waals surface area contributed by atoms with E-state index >= 15 is 0 Å². The lowest BCUT2D eigenvalue weighted by atomic mass is 10.1. The normalized spacial score (nSPS) is 11.0. The second kappa shape index (κ2) is 12.1. The number of benzene rings is 1. The Hall–Kier alpha value is -0.500. The third kappa shape index (κ3) is 8.50. The van der Waals surface area contributed by atoms with Crippen molar-refractivity contribution in [2.45, 2.75) is 26.8 Å². The van der Waals surface area contributed by atoms with Crippen molar-refractivity contribution in [3.05, 3.63) is 35.1 Å². The number of rotatable bonds is 7. The largest absolute Gasteiger partial charge is 0.357 e. The second-order valence-corrected chi connectivity index (χ2v) is 5.54. The fourth-order valence-corrected chi connectivity index (χ4v) is 2.10. The monoisotopic (exact) mass is 425 g/mol. The van der Waals surface area contributed by atoms with Gasteiger partial charge in [-0.2, -0.15) is 11.8 Å². The molecule has 2 N–H and O–H groups in total. The smallest absolute Gasteiger partial charge is 0.191 e. The highest BCUT2D eigenvalue weighted by atomic mass is 127. The highest BCUT2D eigenvalue weighted by Crippen LogP contribution is 2.09. The molecule has 0 saturated carbocycles. The van der Waals surface area contributed by atoms with Gasteiger partial charge in [0.25, 0.3) is 0 Å². The fourth-order valence-electron chi connectivity index (χ4n) is 1.67. The van der Waals surface area contributed by atoms with Crippen molar-refractivity contribution < 1.29 is 4.39 Å². The maximum atomic E-state index is 13.5. The van der Waals surface area contributed by atoms with Gasteiger partial charge in [0.1, 0.15) is 5.82 Å². The molecule has 0 amide bonds. The van der Waals surface area contributed by atoms with Gasteiger partial charge in [-0.05, 0) is 49.5 Å². The number of aliphatic imine (C=N–C) groups is 1. The summed E-state index contributed by atoms with van der Waals surface area (Å²) in [5, 5.41) is 6.48. The lowest BCUT2D eigenvalue weighted by molar-refractivity contribution is 0.616. The second-order valence-electron chi connectivity index (χ2n) is 4.55. The fraction of sp³-hybridized carbons (Fsp3) is 0.533. The standard InChI is InChI=1S/C15H24FN3S.HI/c1-4-17-15(18-8-5-9-20-3)19-11-13-7-6-12(2)14(16)10-13;/h6-7,10H,4-5,8-9,11H2,1-3H3,(H2,17,18,19);1H. The molecule has 0 saturated heterocycles. The first-order valence-electron chi connectivity index (χ1n) is 6.93. The van der Waals surface area contributed by atoms with E-state index in [1.807, 2.05) is 24.8 Å². The van der Waals surface area contributed by atoms with Gasteiger partial charge < -0.3 is 10.6 Å². The predicted octanol–water partition coefficient (Wildman–Crippen LogP) is 3.56. The van der Waals surface area contributed by atoms with E-state index in [2.05, 4.69) is 21.9 Å². The van der Waals surface area contributed by atoms with E-state index in [0.717, 1.165) is 36.8 Å². The summed E-state index contributed by atoms with van der Waals surface area (Å²) in [6.45, 7) is 5.99. The molecule has 120 valence electrons. The number of nitrogens with zero attached hydrogens (tertiary/aromatic N) is 1. The van der Waals surface area contributed by atoms with E-state index in [4.69, 9.17) is 0 Å². The van der Waals surface area contributed by atoms with E-state index in [1.54, 1.807) is 19.1 Å². The van der Waals surface area contributed by atoms with Gasteiger partial charge in [-0.1, -0.05) is 12.1 Å². The van der Waals surface area contributed by atoms with Crippen molar-refractivity contribution in [1.82, 2.24) is 10.6 Å². The number of nitrogens with one attached hydrogen (secondary N) is 2. The number of hydrogen-bond donors (Lipinski definition) is 2. The lowest BCUT2D eigenvalue weighted by Crippen LogP contribution is -2.37. The Morgan fingerprint density at radius 1 is 1.33 bits per heavy atom. The van der Waals surface area contributed by atoms with Gasteiger partial charge in [0, 0.05) is 13.1 Å². The number of aryl methyl sites for hydroxylation is 1. The van der Waals surface area contributed by atoms with E-state index in [9.17, 15) is 4.39 Å². The van der Waals surface area contributed by atoms with E-state index < -0.39 is 0 Å². The van der Waals surface area contributed by atoms with Gasteiger partial charge in [-0.15, -0.1) is 24.0 Å². The summed E-state index contributed by atoms with van der Waals surface area (Å²) in [7, 11) is 0. The number of thioether (sulfide) groups is 1. The molecular formula is C15H25FIN3S. The quantitative estimate of drug-likeness (QED) is 0.304. The van der Waals surface area contributed by atoms with Crippen LogP contribution < -0.4 is 10.6 Å². The lowest BCUT2D eigenvalue weighted by Gasteiger charge is -2.11. The summed E-state index contributed by atoms with van der Waals surface area (Å²) in [6.07, 6.45) is 3.20. The van der Waals surface area contributed by atoms with Crippen LogP contribution in [0.5, 0.6) is 0 Å². The highest BCUT2D eigenvalue weighted by Gasteiger charge is 2.00. The summed E-state index contributed by atoms with van der Waals surface area (Å²) >= 11 is 1.84. The molecule has 0 unspecified atom stereocenters. The van der Waals surface area contributed by atoms with E-state index in [0.29, 0.717) is 12.1 Å². The average molecular weight is 425 g/mol. The molecule has 0 fully saturated rings. The Morgan fingerprint density at radius 2 is 2.10 bits per heavy atom. The van der Waals surface area contributed by atoms with Crippen molar-refractivity contribution in [2.24, 2.45) is 4.99 Å². The molecule has 1 aromatic rings. The van der Waals surface area contributed by atoms with Crippen LogP contribution in [0.1, 0.15) is 24.5 Å². The molecule has 1 aromatic carbocycles. The first kappa shape index (κ1) is 20.5. The van der Waals surface area contributed by atoms with Crippen LogP contribution in [0.4, 0.5) is 4.39 Å². The van der Waals surface area contributed by atoms with Gasteiger partial charge in [-0.25, -0.2) is 9.38 Å². The summed E-state index contributed by atoms with van der Waals surface area (Å²) in [5.74, 6) is 1.75. The highest BCUT2D eigenvalue weighted by molar-refractivity contribution is 14.0. The molecule has 0 aliphatic heterocycles. The first-order chi connectivity index (χ1) is 9.67. The van der Waals surface area contributed by atoms with Crippen LogP contribution in [0.25, 0.3) is 0 Å². The van der Waals surface area contributed by atoms with Crippen molar-refractivity contribution in [2.75, 3.05) is 25.1 Å². The molecule has 6 heteroatoms. The van der Waals surface area contributed by atoms with Crippen LogP contribution in [-0.4, -0.2) is 31.1 Å². The van der Waals surface area contributed by atoms with Gasteiger partial charge >= 0.3 is 0 Å². The number of halogens is 2. The molecular weight excluding hydrogens is 400 g/mol. The Kier molecular flexibility index (Phi) is 11.8. The van der Waals surface area contributed by atoms with Gasteiger partial charge in [0.05, 0.1) is 6.54 Å². The van der Waals surface area contributed by atoms with Crippen LogP contribution in [0.2, 0.25) is 0 Å². The van der Waals surface area contributed by atoms with Crippen molar-refractivity contribution >= 4 is 41.7 Å². The zero-order chi connectivity index (χ0) is 14.8. The molecule has 1 rings (SSSR count). The summed E-state index contributed by atoms with van der Waals surface area (Å²) in [4.78, 5) is 4.47. The minimum atomic E-state index is -0.171. The first-order valence-corrected chi connectivity index (χ1v) is 8.33. The predicted molar refractivity (Wildman–Crippen MR) is 102 cm³/mol. The molecule has 0 spiro atoms. The van der Waals surface area contributed by atoms with Crippen molar-refractivity contribution in [3.8, 4) is 0 Å². The molecule has 0 atom stereocenters. The molecule has 0 aliphatic carbocycles. The van der Waals surface area contributed by atoms with Crippen LogP contribution >= 0.6 is 35.7 Å². The number of guanidine groups is 1. The zero-order valence-electron chi connectivity index (χ0n) is 12.9. The van der Waals surface area contributed by atoms with Crippen molar-refractivity contribution in [1.29, 1.82) is 0 Å². The Morgan fingerprint density at radius 3 is 2.71 bits per heavy atom. The maximum absolute atomic E-state index is 13.5. The van der Waals surface area contributed by atoms with Crippen LogP contribution in [-0.2, 0) is 6.54 Å². The summed E-state index contributed by atoms with van der Waals surface area (Å²) in [6, 6.07) is 5.26. The summed E-state index contributed by atoms with van der Waals surface area (Å²) < 4.78 is 13.5. The molecule has 3 nitrogen and oxygen atoms in total. The van der Waals surface area contributed by atoms with Crippen molar-refractivity contribution in [3.63, 3.8) is 0 Å². The van der Waals surface area contributed by atoms with E-state index in [1.165, 1.54) is 0 Å². The number of hydrogen-bond acceptors (Lipinski definition) is 2.